The Hall–Kier alpha value is -1.47. The number of rotatable bonds is 5. The molecule has 1 amide bonds. The summed E-state index contributed by atoms with van der Waals surface area (Å²) in [5, 5.41) is 12.7. The molecular weight excluding hydrogens is 316 g/mol. The van der Waals surface area contributed by atoms with Gasteiger partial charge in [-0.15, -0.1) is 11.3 Å². The molecule has 126 valence electrons. The number of aliphatic carboxylic acids is 1. The number of aryl methyl sites for hydroxylation is 2. The molecule has 0 bridgehead atoms. The average molecular weight is 338 g/mol. The molecule has 0 saturated carbocycles. The van der Waals surface area contributed by atoms with E-state index in [1.165, 1.54) is 0 Å². The Bertz CT molecular complexity index is 603. The number of hydrogen-bond donors (Lipinski definition) is 1. The van der Waals surface area contributed by atoms with Crippen LogP contribution in [0.3, 0.4) is 0 Å². The summed E-state index contributed by atoms with van der Waals surface area (Å²) in [6.07, 6.45) is 2.48. The predicted octanol–water partition coefficient (Wildman–Crippen LogP) is 1.72. The minimum Gasteiger partial charge on any atom is -0.481 e. The number of hydrogen-bond acceptors (Lipinski definition) is 5. The van der Waals surface area contributed by atoms with Crippen molar-refractivity contribution in [3.8, 4) is 0 Å². The molecule has 0 radical (unpaired) electrons. The van der Waals surface area contributed by atoms with Crippen molar-refractivity contribution in [3.63, 3.8) is 0 Å². The van der Waals surface area contributed by atoms with E-state index in [1.807, 2.05) is 12.3 Å². The van der Waals surface area contributed by atoms with Crippen molar-refractivity contribution >= 4 is 23.2 Å². The highest BCUT2D eigenvalue weighted by Gasteiger charge is 2.54. The van der Waals surface area contributed by atoms with Gasteiger partial charge in [-0.3, -0.25) is 9.59 Å². The molecule has 2 aliphatic rings. The maximum absolute atomic E-state index is 12.4. The van der Waals surface area contributed by atoms with Crippen molar-refractivity contribution in [2.45, 2.75) is 32.6 Å². The number of ether oxygens (including phenoxy) is 1. The largest absolute Gasteiger partial charge is 0.481 e. The van der Waals surface area contributed by atoms with Crippen LogP contribution >= 0.6 is 11.3 Å². The number of carbonyl (C=O) groups excluding carboxylic acids is 1. The zero-order chi connectivity index (χ0) is 16.4. The van der Waals surface area contributed by atoms with Gasteiger partial charge in [0.2, 0.25) is 5.91 Å². The van der Waals surface area contributed by atoms with Crippen LogP contribution in [-0.2, 0) is 20.7 Å². The predicted molar refractivity (Wildman–Crippen MR) is 85.4 cm³/mol. The smallest absolute Gasteiger partial charge is 0.311 e. The van der Waals surface area contributed by atoms with Gasteiger partial charge in [0.1, 0.15) is 0 Å². The van der Waals surface area contributed by atoms with Crippen molar-refractivity contribution < 1.29 is 19.4 Å². The molecule has 1 N–H and O–H groups in total. The van der Waals surface area contributed by atoms with Crippen LogP contribution < -0.4 is 0 Å². The van der Waals surface area contributed by atoms with E-state index in [1.54, 1.807) is 16.2 Å². The van der Waals surface area contributed by atoms with Gasteiger partial charge in [0, 0.05) is 37.4 Å². The Morgan fingerprint density at radius 3 is 3.04 bits per heavy atom. The molecule has 0 aliphatic carbocycles. The molecule has 1 aromatic rings. The first-order chi connectivity index (χ1) is 11.0. The van der Waals surface area contributed by atoms with Crippen LogP contribution in [0.25, 0.3) is 0 Å². The summed E-state index contributed by atoms with van der Waals surface area (Å²) in [4.78, 5) is 30.3. The number of fused-ring (bicyclic) bond motifs is 1. The van der Waals surface area contributed by atoms with Crippen LogP contribution in [0.5, 0.6) is 0 Å². The van der Waals surface area contributed by atoms with Crippen molar-refractivity contribution in [2.75, 3.05) is 26.3 Å². The Balaban J connectivity index is 1.55. The standard InChI is InChI=1S/C16H22N2O4S/c1-11-17-13(9-23-11)3-2-4-14(19)18-7-12-8-22-6-5-16(12,10-18)15(20)21/h9,12H,2-8,10H2,1H3,(H,20,21)/t12-,16+/m0/s1. The quantitative estimate of drug-likeness (QED) is 0.884. The zero-order valence-corrected chi connectivity index (χ0v) is 14.1. The van der Waals surface area contributed by atoms with Gasteiger partial charge in [-0.2, -0.15) is 0 Å². The highest BCUT2D eigenvalue weighted by atomic mass is 32.1. The number of aromatic nitrogens is 1. The van der Waals surface area contributed by atoms with E-state index in [9.17, 15) is 14.7 Å². The van der Waals surface area contributed by atoms with E-state index in [2.05, 4.69) is 4.98 Å². The highest BCUT2D eigenvalue weighted by molar-refractivity contribution is 7.09. The second-order valence-corrected chi connectivity index (χ2v) is 7.53. The van der Waals surface area contributed by atoms with Gasteiger partial charge in [0.25, 0.3) is 0 Å². The maximum Gasteiger partial charge on any atom is 0.311 e. The first-order valence-corrected chi connectivity index (χ1v) is 8.89. The summed E-state index contributed by atoms with van der Waals surface area (Å²) in [5.74, 6) is -0.829. The summed E-state index contributed by atoms with van der Waals surface area (Å²) >= 11 is 1.62. The third kappa shape index (κ3) is 3.26. The lowest BCUT2D eigenvalue weighted by Gasteiger charge is -2.33. The van der Waals surface area contributed by atoms with Gasteiger partial charge >= 0.3 is 5.97 Å². The lowest BCUT2D eigenvalue weighted by atomic mass is 9.74. The van der Waals surface area contributed by atoms with Gasteiger partial charge in [-0.05, 0) is 26.2 Å². The molecule has 0 unspecified atom stereocenters. The zero-order valence-electron chi connectivity index (χ0n) is 13.3. The number of amides is 1. The molecule has 7 heteroatoms. The summed E-state index contributed by atoms with van der Waals surface area (Å²) < 4.78 is 5.42. The van der Waals surface area contributed by atoms with Crippen LogP contribution in [0.4, 0.5) is 0 Å². The molecule has 2 atom stereocenters. The van der Waals surface area contributed by atoms with Crippen LogP contribution in [0.15, 0.2) is 5.38 Å². The van der Waals surface area contributed by atoms with Crippen LogP contribution in [0.1, 0.15) is 30.0 Å². The average Bonchev–Trinajstić information content (AvgIpc) is 3.11. The highest BCUT2D eigenvalue weighted by Crippen LogP contribution is 2.42. The fourth-order valence-electron chi connectivity index (χ4n) is 3.59. The lowest BCUT2D eigenvalue weighted by molar-refractivity contribution is -0.157. The van der Waals surface area contributed by atoms with Gasteiger partial charge in [-0.25, -0.2) is 4.98 Å². The molecule has 0 aromatic carbocycles. The Kier molecular flexibility index (Phi) is 4.68. The van der Waals surface area contributed by atoms with Gasteiger partial charge in [-0.1, -0.05) is 0 Å². The number of nitrogens with zero attached hydrogens (tertiary/aromatic N) is 2. The summed E-state index contributed by atoms with van der Waals surface area (Å²) in [6.45, 7) is 3.70. The van der Waals surface area contributed by atoms with Crippen molar-refractivity contribution in [2.24, 2.45) is 11.3 Å². The second kappa shape index (κ2) is 6.57. The van der Waals surface area contributed by atoms with E-state index in [0.717, 1.165) is 23.5 Å². The Labute approximate surface area is 139 Å². The number of carboxylic acids is 1. The van der Waals surface area contributed by atoms with E-state index in [4.69, 9.17) is 4.74 Å². The van der Waals surface area contributed by atoms with Crippen LogP contribution in [-0.4, -0.2) is 53.2 Å². The topological polar surface area (TPSA) is 79.7 Å². The van der Waals surface area contributed by atoms with Crippen LogP contribution in [0, 0.1) is 18.3 Å². The molecule has 23 heavy (non-hydrogen) atoms. The maximum atomic E-state index is 12.4. The van der Waals surface area contributed by atoms with E-state index in [0.29, 0.717) is 39.1 Å². The first-order valence-electron chi connectivity index (χ1n) is 8.01. The van der Waals surface area contributed by atoms with E-state index in [-0.39, 0.29) is 11.8 Å². The SMILES string of the molecule is Cc1nc(CCCC(=O)N2C[C@H]3COCC[C@@]3(C(=O)O)C2)cs1. The van der Waals surface area contributed by atoms with Gasteiger partial charge in [0.15, 0.2) is 0 Å². The number of carbonyl (C=O) groups is 2. The molecule has 1 aromatic heterocycles. The Morgan fingerprint density at radius 2 is 2.39 bits per heavy atom. The van der Waals surface area contributed by atoms with E-state index < -0.39 is 11.4 Å². The third-order valence-corrected chi connectivity index (χ3v) is 5.80. The minimum absolute atomic E-state index is 0.0481. The minimum atomic E-state index is -0.806. The molecule has 2 saturated heterocycles. The monoisotopic (exact) mass is 338 g/mol. The normalized spacial score (nSPS) is 27.0. The number of carboxylic acid groups (broad SMARTS) is 1. The van der Waals surface area contributed by atoms with Gasteiger partial charge in [0.05, 0.1) is 22.7 Å². The van der Waals surface area contributed by atoms with Gasteiger partial charge < -0.3 is 14.7 Å². The summed E-state index contributed by atoms with van der Waals surface area (Å²) in [7, 11) is 0. The Morgan fingerprint density at radius 1 is 1.57 bits per heavy atom. The number of likely N-dealkylation sites (tertiary alicyclic amines) is 1. The fourth-order valence-corrected chi connectivity index (χ4v) is 4.24. The molecule has 0 spiro atoms. The molecule has 2 fully saturated rings. The van der Waals surface area contributed by atoms with E-state index >= 15 is 0 Å². The number of thiazole rings is 1. The fraction of sp³-hybridized carbons (Fsp3) is 0.688. The van der Waals surface area contributed by atoms with Crippen molar-refractivity contribution in [3.05, 3.63) is 16.1 Å². The lowest BCUT2D eigenvalue weighted by Crippen LogP contribution is -2.45. The molecule has 3 heterocycles. The summed E-state index contributed by atoms with van der Waals surface area (Å²) in [6, 6.07) is 0. The molecule has 3 rings (SSSR count). The van der Waals surface area contributed by atoms with Crippen molar-refractivity contribution in [1.82, 2.24) is 9.88 Å². The summed E-state index contributed by atoms with van der Waals surface area (Å²) in [5.41, 5.74) is 0.228. The molecule has 6 nitrogen and oxygen atoms in total. The molecule has 2 aliphatic heterocycles. The first kappa shape index (κ1) is 16.4. The second-order valence-electron chi connectivity index (χ2n) is 6.47. The third-order valence-electron chi connectivity index (χ3n) is 4.98. The van der Waals surface area contributed by atoms with Crippen LogP contribution in [0.2, 0.25) is 0 Å². The molecular formula is C16H22N2O4S. The van der Waals surface area contributed by atoms with Crippen molar-refractivity contribution in [1.29, 1.82) is 0 Å².